The van der Waals surface area contributed by atoms with Crippen molar-refractivity contribution in [3.8, 4) is 5.75 Å². The van der Waals surface area contributed by atoms with Crippen molar-refractivity contribution in [1.29, 1.82) is 0 Å². The summed E-state index contributed by atoms with van der Waals surface area (Å²) in [5.74, 6) is 0.825. The summed E-state index contributed by atoms with van der Waals surface area (Å²) in [6.07, 6.45) is 0. The lowest BCUT2D eigenvalue weighted by molar-refractivity contribution is -0.126. The van der Waals surface area contributed by atoms with Crippen LogP contribution in [0.15, 0.2) is 36.4 Å². The second-order valence-corrected chi connectivity index (χ2v) is 5.35. The summed E-state index contributed by atoms with van der Waals surface area (Å²) in [5, 5.41) is 8.35. The molecule has 1 atom stereocenters. The van der Waals surface area contributed by atoms with Gasteiger partial charge in [0.05, 0.1) is 20.3 Å². The number of amides is 1. The van der Waals surface area contributed by atoms with Gasteiger partial charge in [0, 0.05) is 13.1 Å². The Morgan fingerprint density at radius 3 is 2.83 bits per heavy atom. The Hall–Kier alpha value is -1.82. The highest BCUT2D eigenvalue weighted by molar-refractivity contribution is 5.85. The van der Waals surface area contributed by atoms with Gasteiger partial charge in [-0.3, -0.25) is 4.79 Å². The van der Waals surface area contributed by atoms with Crippen LogP contribution in [0, 0.1) is 0 Å². The Morgan fingerprint density at radius 1 is 1.30 bits per heavy atom. The van der Waals surface area contributed by atoms with E-state index in [0.29, 0.717) is 19.8 Å². The average molecular weight is 337 g/mol. The van der Waals surface area contributed by atoms with Gasteiger partial charge in [0.15, 0.2) is 0 Å². The number of hydrogen-bond acceptors (Lipinski definition) is 4. The Bertz CT molecular complexity index is 672. The number of halogens is 1. The van der Waals surface area contributed by atoms with E-state index in [0.717, 1.165) is 28.6 Å². The molecule has 0 aliphatic carbocycles. The van der Waals surface area contributed by atoms with Gasteiger partial charge in [0.25, 0.3) is 0 Å². The van der Waals surface area contributed by atoms with Crippen LogP contribution in [0.4, 0.5) is 0 Å². The fourth-order valence-electron chi connectivity index (χ4n) is 2.56. The number of carbonyl (C=O) groups is 1. The van der Waals surface area contributed by atoms with Gasteiger partial charge < -0.3 is 20.1 Å². The zero-order valence-electron chi connectivity index (χ0n) is 13.0. The summed E-state index contributed by atoms with van der Waals surface area (Å²) < 4.78 is 10.5. The molecular formula is C17H21ClN2O3. The minimum Gasteiger partial charge on any atom is -0.497 e. The van der Waals surface area contributed by atoms with Crippen molar-refractivity contribution >= 4 is 29.1 Å². The number of hydrogen-bond donors (Lipinski definition) is 2. The highest BCUT2D eigenvalue weighted by Crippen LogP contribution is 2.21. The first kappa shape index (κ1) is 17.5. The van der Waals surface area contributed by atoms with Crippen molar-refractivity contribution in [1.82, 2.24) is 10.6 Å². The Morgan fingerprint density at radius 2 is 2.09 bits per heavy atom. The van der Waals surface area contributed by atoms with Crippen molar-refractivity contribution in [3.63, 3.8) is 0 Å². The molecule has 0 bridgehead atoms. The predicted octanol–water partition coefficient (Wildman–Crippen LogP) is 1.87. The Balaban J connectivity index is 0.00000192. The maximum Gasteiger partial charge on any atom is 0.239 e. The van der Waals surface area contributed by atoms with Gasteiger partial charge in [0.1, 0.15) is 11.8 Å². The third kappa shape index (κ3) is 4.34. The molecule has 1 aliphatic rings. The number of rotatable bonds is 4. The SMILES string of the molecule is COc1ccc2cc(CNC(=O)C3COCCN3)ccc2c1.Cl. The first-order chi connectivity index (χ1) is 10.8. The molecule has 5 nitrogen and oxygen atoms in total. The van der Waals surface area contributed by atoms with Crippen LogP contribution in [0.5, 0.6) is 5.75 Å². The molecular weight excluding hydrogens is 316 g/mol. The van der Waals surface area contributed by atoms with E-state index in [9.17, 15) is 4.79 Å². The molecule has 1 saturated heterocycles. The minimum absolute atomic E-state index is 0. The quantitative estimate of drug-likeness (QED) is 0.895. The molecule has 6 heteroatoms. The molecule has 1 fully saturated rings. The normalized spacial score (nSPS) is 17.3. The fraction of sp³-hybridized carbons (Fsp3) is 0.353. The summed E-state index contributed by atoms with van der Waals surface area (Å²) in [7, 11) is 1.66. The number of fused-ring (bicyclic) bond motifs is 1. The molecule has 1 unspecified atom stereocenters. The van der Waals surface area contributed by atoms with Gasteiger partial charge in [-0.05, 0) is 34.5 Å². The van der Waals surface area contributed by atoms with Crippen molar-refractivity contribution in [2.45, 2.75) is 12.6 Å². The van der Waals surface area contributed by atoms with Gasteiger partial charge in [-0.15, -0.1) is 12.4 Å². The summed E-state index contributed by atoms with van der Waals surface area (Å²) >= 11 is 0. The molecule has 2 N–H and O–H groups in total. The molecule has 2 aromatic rings. The summed E-state index contributed by atoms with van der Waals surface area (Å²) in [4.78, 5) is 12.0. The van der Waals surface area contributed by atoms with Crippen LogP contribution in [-0.4, -0.2) is 38.8 Å². The summed E-state index contributed by atoms with van der Waals surface area (Å²) in [5.41, 5.74) is 1.07. The average Bonchev–Trinajstić information content (AvgIpc) is 2.59. The number of methoxy groups -OCH3 is 1. The van der Waals surface area contributed by atoms with E-state index in [-0.39, 0.29) is 24.4 Å². The zero-order chi connectivity index (χ0) is 15.4. The maximum absolute atomic E-state index is 12.0. The first-order valence-corrected chi connectivity index (χ1v) is 7.42. The standard InChI is InChI=1S/C17H20N2O3.ClH/c1-21-15-5-4-13-8-12(2-3-14(13)9-15)10-19-17(20)16-11-22-7-6-18-16;/h2-5,8-9,16,18H,6-7,10-11H2,1H3,(H,19,20);1H. The van der Waals surface area contributed by atoms with Crippen molar-refractivity contribution in [2.75, 3.05) is 26.9 Å². The zero-order valence-corrected chi connectivity index (χ0v) is 13.8. The lowest BCUT2D eigenvalue weighted by Gasteiger charge is -2.22. The summed E-state index contributed by atoms with van der Waals surface area (Å²) in [6, 6.07) is 11.9. The molecule has 1 aliphatic heterocycles. The van der Waals surface area contributed by atoms with E-state index in [1.54, 1.807) is 7.11 Å². The predicted molar refractivity (Wildman–Crippen MR) is 92.2 cm³/mol. The number of carbonyl (C=O) groups excluding carboxylic acids is 1. The van der Waals surface area contributed by atoms with Crippen LogP contribution in [0.2, 0.25) is 0 Å². The topological polar surface area (TPSA) is 59.6 Å². The molecule has 0 spiro atoms. The van der Waals surface area contributed by atoms with E-state index in [1.165, 1.54) is 0 Å². The third-order valence-corrected chi connectivity index (χ3v) is 3.82. The van der Waals surface area contributed by atoms with Gasteiger partial charge in [0.2, 0.25) is 5.91 Å². The van der Waals surface area contributed by atoms with Crippen molar-refractivity contribution in [3.05, 3.63) is 42.0 Å². The van der Waals surface area contributed by atoms with Crippen LogP contribution < -0.4 is 15.4 Å². The van der Waals surface area contributed by atoms with E-state index in [4.69, 9.17) is 9.47 Å². The minimum atomic E-state index is -0.251. The molecule has 0 radical (unpaired) electrons. The molecule has 2 aromatic carbocycles. The fourth-order valence-corrected chi connectivity index (χ4v) is 2.56. The van der Waals surface area contributed by atoms with Crippen molar-refractivity contribution < 1.29 is 14.3 Å². The van der Waals surface area contributed by atoms with Gasteiger partial charge in [-0.25, -0.2) is 0 Å². The van der Waals surface area contributed by atoms with Crippen molar-refractivity contribution in [2.24, 2.45) is 0 Å². The van der Waals surface area contributed by atoms with Crippen LogP contribution in [0.25, 0.3) is 10.8 Å². The van der Waals surface area contributed by atoms with E-state index < -0.39 is 0 Å². The monoisotopic (exact) mass is 336 g/mol. The number of morpholine rings is 1. The second kappa shape index (κ2) is 8.15. The van der Waals surface area contributed by atoms with Crippen LogP contribution >= 0.6 is 12.4 Å². The van der Waals surface area contributed by atoms with E-state index in [1.807, 2.05) is 30.3 Å². The van der Waals surface area contributed by atoms with Gasteiger partial charge >= 0.3 is 0 Å². The lowest BCUT2D eigenvalue weighted by Crippen LogP contribution is -2.51. The number of benzene rings is 2. The van der Waals surface area contributed by atoms with Crippen LogP contribution in [0.3, 0.4) is 0 Å². The molecule has 23 heavy (non-hydrogen) atoms. The smallest absolute Gasteiger partial charge is 0.239 e. The molecule has 0 saturated carbocycles. The highest BCUT2D eigenvalue weighted by Gasteiger charge is 2.20. The largest absolute Gasteiger partial charge is 0.497 e. The van der Waals surface area contributed by atoms with Gasteiger partial charge in [-0.2, -0.15) is 0 Å². The molecule has 1 heterocycles. The third-order valence-electron chi connectivity index (χ3n) is 3.82. The molecule has 1 amide bonds. The molecule has 124 valence electrons. The molecule has 0 aromatic heterocycles. The lowest BCUT2D eigenvalue weighted by atomic mass is 10.1. The van der Waals surface area contributed by atoms with Crippen LogP contribution in [-0.2, 0) is 16.1 Å². The Kier molecular flexibility index (Phi) is 6.21. The van der Waals surface area contributed by atoms with Crippen LogP contribution in [0.1, 0.15) is 5.56 Å². The maximum atomic E-state index is 12.0. The number of nitrogens with one attached hydrogen (secondary N) is 2. The van der Waals surface area contributed by atoms with E-state index >= 15 is 0 Å². The Labute approximate surface area is 141 Å². The summed E-state index contributed by atoms with van der Waals surface area (Å²) in [6.45, 7) is 2.33. The van der Waals surface area contributed by atoms with Gasteiger partial charge in [-0.1, -0.05) is 18.2 Å². The second-order valence-electron chi connectivity index (χ2n) is 5.35. The number of ether oxygens (including phenoxy) is 2. The highest BCUT2D eigenvalue weighted by atomic mass is 35.5. The first-order valence-electron chi connectivity index (χ1n) is 7.42. The molecule has 3 rings (SSSR count). The van der Waals surface area contributed by atoms with E-state index in [2.05, 4.69) is 16.7 Å².